The maximum Gasteiger partial charge on any atom is 0.417 e. The van der Waals surface area contributed by atoms with Gasteiger partial charge in [-0.2, -0.15) is 0 Å². The molecule has 1 aliphatic rings. The van der Waals surface area contributed by atoms with Gasteiger partial charge < -0.3 is 9.32 Å². The van der Waals surface area contributed by atoms with Gasteiger partial charge in [-0.25, -0.2) is 17.9 Å². The Morgan fingerprint density at radius 1 is 1.13 bits per heavy atom. The zero-order valence-corrected chi connectivity index (χ0v) is 17.9. The highest BCUT2D eigenvalue weighted by Crippen LogP contribution is 2.19. The molecular weight excluding hydrogens is 418 g/mol. The average molecular weight is 444 g/mol. The van der Waals surface area contributed by atoms with Crippen molar-refractivity contribution in [3.05, 3.63) is 64.6 Å². The number of H-pyrrole nitrogens is 1. The molecule has 2 heterocycles. The molecule has 1 fully saturated rings. The second-order valence-electron chi connectivity index (χ2n) is 7.79. The summed E-state index contributed by atoms with van der Waals surface area (Å²) < 4.78 is 33.1. The Bertz CT molecular complexity index is 1210. The van der Waals surface area contributed by atoms with Crippen LogP contribution in [0, 0.1) is 0 Å². The minimum Gasteiger partial charge on any atom is -0.408 e. The number of carbonyl (C=O) groups excluding carboxylic acids is 1. The number of amides is 1. The molecule has 0 atom stereocenters. The van der Waals surface area contributed by atoms with Crippen molar-refractivity contribution >= 4 is 27.0 Å². The van der Waals surface area contributed by atoms with E-state index < -0.39 is 15.8 Å². The number of rotatable bonds is 7. The molecule has 1 aromatic heterocycles. The zero-order valence-electron chi connectivity index (χ0n) is 17.0. The molecule has 8 nitrogen and oxygen atoms in total. The lowest BCUT2D eigenvalue weighted by atomic mass is 10.0. The number of fused-ring (bicyclic) bond motifs is 1. The summed E-state index contributed by atoms with van der Waals surface area (Å²) in [7, 11) is -3.75. The Kier molecular flexibility index (Phi) is 6.24. The molecule has 9 heteroatoms. The highest BCUT2D eigenvalue weighted by atomic mass is 32.2. The summed E-state index contributed by atoms with van der Waals surface area (Å²) in [4.78, 5) is 28.1. The summed E-state index contributed by atoms with van der Waals surface area (Å²) in [5.74, 6) is -0.511. The predicted molar refractivity (Wildman–Crippen MR) is 116 cm³/mol. The molecule has 1 aliphatic heterocycles. The number of nitrogens with zero attached hydrogens (tertiary/aromatic N) is 1. The van der Waals surface area contributed by atoms with E-state index in [4.69, 9.17) is 4.42 Å². The van der Waals surface area contributed by atoms with E-state index in [-0.39, 0.29) is 22.4 Å². The fraction of sp³-hybridized carbons (Fsp3) is 0.364. The molecule has 0 aliphatic carbocycles. The Morgan fingerprint density at radius 2 is 1.87 bits per heavy atom. The number of hydrogen-bond acceptors (Lipinski definition) is 5. The van der Waals surface area contributed by atoms with Gasteiger partial charge >= 0.3 is 5.76 Å². The van der Waals surface area contributed by atoms with E-state index in [9.17, 15) is 18.0 Å². The van der Waals surface area contributed by atoms with Crippen molar-refractivity contribution in [1.29, 1.82) is 0 Å². The van der Waals surface area contributed by atoms with Gasteiger partial charge in [-0.15, -0.1) is 0 Å². The first kappa shape index (κ1) is 21.3. The molecule has 1 saturated heterocycles. The summed E-state index contributed by atoms with van der Waals surface area (Å²) in [5.41, 5.74) is 1.87. The number of hydrogen-bond donors (Lipinski definition) is 2. The molecule has 2 aromatic carbocycles. The van der Waals surface area contributed by atoms with E-state index in [1.54, 1.807) is 0 Å². The highest BCUT2D eigenvalue weighted by Gasteiger charge is 2.27. The second-order valence-corrected chi connectivity index (χ2v) is 9.50. The van der Waals surface area contributed by atoms with Crippen LogP contribution in [0.1, 0.15) is 31.2 Å². The third-order valence-corrected chi connectivity index (χ3v) is 7.09. The lowest BCUT2D eigenvalue weighted by molar-refractivity contribution is -0.132. The Balaban J connectivity index is 1.27. The lowest BCUT2D eigenvalue weighted by Crippen LogP contribution is -2.46. The third-order valence-electron chi connectivity index (χ3n) is 5.57. The van der Waals surface area contributed by atoms with Crippen LogP contribution < -0.4 is 10.5 Å². The highest BCUT2D eigenvalue weighted by molar-refractivity contribution is 7.89. The molecule has 0 radical (unpaired) electrons. The first-order valence-electron chi connectivity index (χ1n) is 10.4. The van der Waals surface area contributed by atoms with Crippen LogP contribution >= 0.6 is 0 Å². The Morgan fingerprint density at radius 3 is 2.61 bits per heavy atom. The van der Waals surface area contributed by atoms with Gasteiger partial charge in [0.2, 0.25) is 15.9 Å². The van der Waals surface area contributed by atoms with Gasteiger partial charge in [0, 0.05) is 31.6 Å². The number of benzene rings is 2. The SMILES string of the molecule is O=C(CCCc1ccccc1)N1CCC(NS(=O)(=O)c2ccc3[nH]c(=O)oc3c2)CC1. The van der Waals surface area contributed by atoms with E-state index in [0.717, 1.165) is 12.8 Å². The van der Waals surface area contributed by atoms with E-state index in [1.807, 2.05) is 23.1 Å². The van der Waals surface area contributed by atoms with Gasteiger partial charge in [-0.05, 0) is 43.4 Å². The Hall–Kier alpha value is -2.91. The largest absolute Gasteiger partial charge is 0.417 e. The van der Waals surface area contributed by atoms with E-state index in [0.29, 0.717) is 37.9 Å². The van der Waals surface area contributed by atoms with Gasteiger partial charge in [0.05, 0.1) is 10.4 Å². The zero-order chi connectivity index (χ0) is 21.8. The van der Waals surface area contributed by atoms with Crippen molar-refractivity contribution in [2.45, 2.75) is 43.0 Å². The van der Waals surface area contributed by atoms with Gasteiger partial charge in [0.15, 0.2) is 5.58 Å². The Labute approximate surface area is 180 Å². The average Bonchev–Trinajstić information content (AvgIpc) is 3.14. The normalized spacial score (nSPS) is 15.4. The van der Waals surface area contributed by atoms with Gasteiger partial charge in [-0.3, -0.25) is 9.78 Å². The fourth-order valence-corrected chi connectivity index (χ4v) is 5.19. The number of carbonyl (C=O) groups is 1. The molecule has 2 N–H and O–H groups in total. The molecule has 3 aromatic rings. The number of likely N-dealkylation sites (tertiary alicyclic amines) is 1. The van der Waals surface area contributed by atoms with Crippen molar-refractivity contribution in [3.63, 3.8) is 0 Å². The number of oxazole rings is 1. The second kappa shape index (κ2) is 9.07. The van der Waals surface area contributed by atoms with Crippen LogP contribution in [0.4, 0.5) is 0 Å². The van der Waals surface area contributed by atoms with Crippen molar-refractivity contribution in [1.82, 2.24) is 14.6 Å². The van der Waals surface area contributed by atoms with Crippen molar-refractivity contribution in [3.8, 4) is 0 Å². The van der Waals surface area contributed by atoms with Gasteiger partial charge in [0.25, 0.3) is 0 Å². The number of sulfonamides is 1. The smallest absolute Gasteiger partial charge is 0.408 e. The number of aryl methyl sites for hydroxylation is 1. The van der Waals surface area contributed by atoms with Crippen molar-refractivity contribution < 1.29 is 17.6 Å². The summed E-state index contributed by atoms with van der Waals surface area (Å²) in [6.45, 7) is 1.06. The molecule has 0 spiro atoms. The van der Waals surface area contributed by atoms with Crippen molar-refractivity contribution in [2.24, 2.45) is 0 Å². The quantitative estimate of drug-likeness (QED) is 0.582. The molecular formula is C22H25N3O5S. The van der Waals surface area contributed by atoms with Crippen LogP contribution in [0.15, 0.2) is 62.6 Å². The third kappa shape index (κ3) is 5.23. The number of aromatic amines is 1. The maximum atomic E-state index is 12.7. The first-order valence-corrected chi connectivity index (χ1v) is 11.9. The number of piperidine rings is 1. The molecule has 164 valence electrons. The number of aromatic nitrogens is 1. The molecule has 0 unspecified atom stereocenters. The lowest BCUT2D eigenvalue weighted by Gasteiger charge is -2.32. The summed E-state index contributed by atoms with van der Waals surface area (Å²) in [5, 5.41) is 0. The molecule has 0 saturated carbocycles. The van der Waals surface area contributed by atoms with Crippen LogP contribution in [0.5, 0.6) is 0 Å². The molecule has 4 rings (SSSR count). The predicted octanol–water partition coefficient (Wildman–Crippen LogP) is 2.41. The van der Waals surface area contributed by atoms with Crippen LogP contribution in [0.2, 0.25) is 0 Å². The summed E-state index contributed by atoms with van der Waals surface area (Å²) >= 11 is 0. The van der Waals surface area contributed by atoms with Crippen LogP contribution in [-0.2, 0) is 21.2 Å². The standard InChI is InChI=1S/C22H25N3O5S/c26-21(8-4-7-16-5-2-1-3-6-16)25-13-11-17(12-14-25)24-31(28,29)18-9-10-19-20(15-18)30-22(27)23-19/h1-3,5-6,9-10,15,17,24H,4,7-8,11-14H2,(H,23,27). The minimum atomic E-state index is -3.75. The van der Waals surface area contributed by atoms with Gasteiger partial charge in [0.1, 0.15) is 0 Å². The molecule has 0 bridgehead atoms. The summed E-state index contributed by atoms with van der Waals surface area (Å²) in [6, 6.07) is 14.1. The molecule has 31 heavy (non-hydrogen) atoms. The van der Waals surface area contributed by atoms with E-state index in [1.165, 1.54) is 23.8 Å². The first-order chi connectivity index (χ1) is 14.9. The fourth-order valence-electron chi connectivity index (χ4n) is 3.87. The van der Waals surface area contributed by atoms with Crippen molar-refractivity contribution in [2.75, 3.05) is 13.1 Å². The van der Waals surface area contributed by atoms with Crippen LogP contribution in [-0.4, -0.2) is 43.3 Å². The monoisotopic (exact) mass is 443 g/mol. The van der Waals surface area contributed by atoms with Crippen LogP contribution in [0.3, 0.4) is 0 Å². The summed E-state index contributed by atoms with van der Waals surface area (Å²) in [6.07, 6.45) is 3.28. The van der Waals surface area contributed by atoms with Crippen LogP contribution in [0.25, 0.3) is 11.1 Å². The minimum absolute atomic E-state index is 0.0437. The maximum absolute atomic E-state index is 12.7. The number of nitrogens with one attached hydrogen (secondary N) is 2. The molecule has 1 amide bonds. The van der Waals surface area contributed by atoms with E-state index >= 15 is 0 Å². The van der Waals surface area contributed by atoms with Gasteiger partial charge in [-0.1, -0.05) is 30.3 Å². The topological polar surface area (TPSA) is 112 Å². The van der Waals surface area contributed by atoms with E-state index in [2.05, 4.69) is 21.8 Å².